The molecule has 0 unspecified atom stereocenters. The topological polar surface area (TPSA) is 115 Å². The second-order valence-electron chi connectivity index (χ2n) is 4.17. The Morgan fingerprint density at radius 3 is 2.65 bits per heavy atom. The fourth-order valence-electron chi connectivity index (χ4n) is 1.44. The number of benzene rings is 1. The molecule has 0 atom stereocenters. The van der Waals surface area contributed by atoms with Gasteiger partial charge in [0, 0.05) is 29.3 Å². The van der Waals surface area contributed by atoms with Crippen LogP contribution in [-0.2, 0) is 14.8 Å². The van der Waals surface area contributed by atoms with Crippen LogP contribution in [0.4, 0.5) is 5.69 Å². The van der Waals surface area contributed by atoms with Crippen molar-refractivity contribution in [3.63, 3.8) is 0 Å². The van der Waals surface area contributed by atoms with Gasteiger partial charge in [-0.2, -0.15) is 0 Å². The number of nitrogen functional groups attached to an aromatic ring is 1. The van der Waals surface area contributed by atoms with Crippen molar-refractivity contribution in [2.75, 3.05) is 23.8 Å². The molecule has 0 aromatic heterocycles. The van der Waals surface area contributed by atoms with E-state index in [1.165, 1.54) is 11.8 Å². The van der Waals surface area contributed by atoms with Crippen molar-refractivity contribution in [3.8, 4) is 0 Å². The Morgan fingerprint density at radius 1 is 1.30 bits per heavy atom. The summed E-state index contributed by atoms with van der Waals surface area (Å²) in [5.41, 5.74) is 11.4. The molecule has 0 saturated heterocycles. The van der Waals surface area contributed by atoms with Crippen LogP contribution in [-0.4, -0.2) is 32.4 Å². The van der Waals surface area contributed by atoms with Crippen LogP contribution in [0.5, 0.6) is 0 Å². The van der Waals surface area contributed by atoms with Crippen molar-refractivity contribution in [2.24, 2.45) is 5.73 Å². The van der Waals surface area contributed by atoms with Crippen LogP contribution >= 0.6 is 11.8 Å². The first-order valence-electron chi connectivity index (χ1n) is 6.13. The molecule has 0 aliphatic heterocycles. The Bertz CT molecular complexity index is 547. The lowest BCUT2D eigenvalue weighted by Gasteiger charge is -2.07. The largest absolute Gasteiger partial charge is 0.398 e. The summed E-state index contributed by atoms with van der Waals surface area (Å²) in [6.45, 7) is 0.226. The predicted molar refractivity (Wildman–Crippen MR) is 81.8 cm³/mol. The molecule has 112 valence electrons. The molecule has 1 aromatic rings. The first kappa shape index (κ1) is 16.8. The van der Waals surface area contributed by atoms with Gasteiger partial charge in [0.1, 0.15) is 0 Å². The van der Waals surface area contributed by atoms with E-state index in [2.05, 4.69) is 4.72 Å². The van der Waals surface area contributed by atoms with Gasteiger partial charge >= 0.3 is 0 Å². The number of primary amides is 1. The van der Waals surface area contributed by atoms with E-state index >= 15 is 0 Å². The maximum atomic E-state index is 11.7. The molecule has 0 aliphatic rings. The summed E-state index contributed by atoms with van der Waals surface area (Å²) in [7, 11) is -3.33. The van der Waals surface area contributed by atoms with Gasteiger partial charge in [0.2, 0.25) is 15.9 Å². The third kappa shape index (κ3) is 6.78. The molecule has 0 saturated carbocycles. The molecule has 1 rings (SSSR count). The van der Waals surface area contributed by atoms with Crippen LogP contribution < -0.4 is 16.2 Å². The number of nitrogens with two attached hydrogens (primary N) is 2. The fraction of sp³-hybridized carbons (Fsp3) is 0.417. The van der Waals surface area contributed by atoms with Crippen molar-refractivity contribution in [3.05, 3.63) is 24.3 Å². The number of anilines is 1. The Morgan fingerprint density at radius 2 is 2.00 bits per heavy atom. The number of hydrogen-bond donors (Lipinski definition) is 3. The second-order valence-corrected chi connectivity index (χ2v) is 7.23. The third-order valence-corrected chi connectivity index (χ3v) is 5.19. The van der Waals surface area contributed by atoms with Gasteiger partial charge in [-0.25, -0.2) is 13.1 Å². The van der Waals surface area contributed by atoms with Crippen LogP contribution in [0.1, 0.15) is 12.8 Å². The second kappa shape index (κ2) is 8.13. The average Bonchev–Trinajstić information content (AvgIpc) is 2.37. The van der Waals surface area contributed by atoms with Gasteiger partial charge < -0.3 is 11.5 Å². The van der Waals surface area contributed by atoms with E-state index in [-0.39, 0.29) is 18.7 Å². The van der Waals surface area contributed by atoms with Gasteiger partial charge in [-0.3, -0.25) is 4.79 Å². The van der Waals surface area contributed by atoms with Crippen LogP contribution in [0.15, 0.2) is 29.2 Å². The van der Waals surface area contributed by atoms with E-state index in [9.17, 15) is 13.2 Å². The van der Waals surface area contributed by atoms with Crippen molar-refractivity contribution in [1.29, 1.82) is 0 Å². The van der Waals surface area contributed by atoms with Gasteiger partial charge in [-0.1, -0.05) is 12.1 Å². The van der Waals surface area contributed by atoms with Crippen LogP contribution in [0, 0.1) is 0 Å². The number of thioether (sulfide) groups is 1. The molecule has 1 amide bonds. The van der Waals surface area contributed by atoms with Gasteiger partial charge in [-0.15, -0.1) is 11.8 Å². The van der Waals surface area contributed by atoms with Crippen molar-refractivity contribution in [1.82, 2.24) is 4.72 Å². The lowest BCUT2D eigenvalue weighted by atomic mass is 10.3. The molecule has 5 N–H and O–H groups in total. The summed E-state index contributed by atoms with van der Waals surface area (Å²) < 4.78 is 25.8. The number of carbonyl (C=O) groups excluding carboxylic acids is 1. The molecule has 0 heterocycles. The summed E-state index contributed by atoms with van der Waals surface area (Å²) in [4.78, 5) is 11.4. The standard InChI is InChI=1S/C12H19N3O3S2/c13-10-4-1-2-5-11(10)19-8-9-20(17,18)15-7-3-6-12(14)16/h1-2,4-5,15H,3,6-9,13H2,(H2,14,16). The average molecular weight is 317 g/mol. The van der Waals surface area contributed by atoms with E-state index in [1.54, 1.807) is 6.07 Å². The molecule has 0 bridgehead atoms. The van der Waals surface area contributed by atoms with Crippen LogP contribution in [0.2, 0.25) is 0 Å². The summed E-state index contributed by atoms with van der Waals surface area (Å²) in [5, 5.41) is 0. The molecule has 0 spiro atoms. The van der Waals surface area contributed by atoms with Gasteiger partial charge in [-0.05, 0) is 18.6 Å². The van der Waals surface area contributed by atoms with Crippen molar-refractivity contribution < 1.29 is 13.2 Å². The molecule has 20 heavy (non-hydrogen) atoms. The van der Waals surface area contributed by atoms with Crippen LogP contribution in [0.25, 0.3) is 0 Å². The minimum Gasteiger partial charge on any atom is -0.398 e. The lowest BCUT2D eigenvalue weighted by Crippen LogP contribution is -2.29. The highest BCUT2D eigenvalue weighted by Crippen LogP contribution is 2.24. The van der Waals surface area contributed by atoms with Crippen molar-refractivity contribution in [2.45, 2.75) is 17.7 Å². The summed E-state index contributed by atoms with van der Waals surface area (Å²) in [6, 6.07) is 7.32. The quantitative estimate of drug-likeness (QED) is 0.349. The summed E-state index contributed by atoms with van der Waals surface area (Å²) in [5.74, 6) is -0.0126. The molecular formula is C12H19N3O3S2. The molecule has 0 fully saturated rings. The van der Waals surface area contributed by atoms with Gasteiger partial charge in [0.05, 0.1) is 5.75 Å². The third-order valence-electron chi connectivity index (χ3n) is 2.45. The molecule has 0 radical (unpaired) electrons. The molecule has 6 nitrogen and oxygen atoms in total. The number of amides is 1. The van der Waals surface area contributed by atoms with Gasteiger partial charge in [0.15, 0.2) is 0 Å². The van der Waals surface area contributed by atoms with E-state index < -0.39 is 15.9 Å². The number of nitrogens with one attached hydrogen (secondary N) is 1. The first-order valence-corrected chi connectivity index (χ1v) is 8.77. The predicted octanol–water partition coefficient (Wildman–Crippen LogP) is 0.546. The van der Waals surface area contributed by atoms with E-state index in [0.29, 0.717) is 17.9 Å². The first-order chi connectivity index (χ1) is 9.41. The smallest absolute Gasteiger partial charge is 0.217 e. The normalized spacial score (nSPS) is 11.4. The highest BCUT2D eigenvalue weighted by Gasteiger charge is 2.10. The summed E-state index contributed by atoms with van der Waals surface area (Å²) >= 11 is 1.40. The van der Waals surface area contributed by atoms with Gasteiger partial charge in [0.25, 0.3) is 0 Å². The maximum Gasteiger partial charge on any atom is 0.217 e. The SMILES string of the molecule is NC(=O)CCCNS(=O)(=O)CCSc1ccccc1N. The Hall–Kier alpha value is -1.25. The van der Waals surface area contributed by atoms with Crippen LogP contribution in [0.3, 0.4) is 0 Å². The highest BCUT2D eigenvalue weighted by atomic mass is 32.2. The minimum absolute atomic E-state index is 0.00255. The minimum atomic E-state index is -3.33. The van der Waals surface area contributed by atoms with E-state index in [4.69, 9.17) is 11.5 Å². The number of para-hydroxylation sites is 1. The maximum absolute atomic E-state index is 11.7. The highest BCUT2D eigenvalue weighted by molar-refractivity contribution is 8.00. The molecule has 8 heteroatoms. The van der Waals surface area contributed by atoms with E-state index in [1.807, 2.05) is 18.2 Å². The Labute approximate surface area is 123 Å². The zero-order chi connectivity index (χ0) is 15.0. The molecular weight excluding hydrogens is 298 g/mol. The Balaban J connectivity index is 2.29. The van der Waals surface area contributed by atoms with Crippen molar-refractivity contribution >= 4 is 33.4 Å². The number of carbonyl (C=O) groups is 1. The van der Waals surface area contributed by atoms with E-state index in [0.717, 1.165) is 4.90 Å². The zero-order valence-corrected chi connectivity index (χ0v) is 12.7. The summed E-state index contributed by atoms with van der Waals surface area (Å²) in [6.07, 6.45) is 0.588. The lowest BCUT2D eigenvalue weighted by molar-refractivity contribution is -0.118. The number of rotatable bonds is 9. The molecule has 1 aromatic carbocycles. The monoisotopic (exact) mass is 317 g/mol. The number of hydrogen-bond acceptors (Lipinski definition) is 5. The number of sulfonamides is 1. The molecule has 0 aliphatic carbocycles. The fourth-order valence-corrected chi connectivity index (χ4v) is 3.88. The Kier molecular flexibility index (Phi) is 6.83. The zero-order valence-electron chi connectivity index (χ0n) is 11.0.